The summed E-state index contributed by atoms with van der Waals surface area (Å²) in [6.07, 6.45) is 9.02. The Balaban J connectivity index is 4.63. The number of carbonyl (C=O) groups is 3. The fraction of sp³-hybridized carbons (Fsp3) is 0.312. The Morgan fingerprint density at radius 3 is 2.32 bits per heavy atom. The molecule has 0 fully saturated rings. The van der Waals surface area contributed by atoms with Crippen molar-refractivity contribution in [3.05, 3.63) is 48.6 Å². The van der Waals surface area contributed by atoms with Crippen molar-refractivity contribution < 1.29 is 23.9 Å². The van der Waals surface area contributed by atoms with Gasteiger partial charge in [-0.25, -0.2) is 9.59 Å². The predicted octanol–water partition coefficient (Wildman–Crippen LogP) is 1.45. The monoisotopic (exact) mass is 307 g/mol. The number of ether oxygens (including phenoxy) is 2. The molecule has 0 radical (unpaired) electrons. The Morgan fingerprint density at radius 1 is 1.14 bits per heavy atom. The zero-order valence-corrected chi connectivity index (χ0v) is 13.0. The van der Waals surface area contributed by atoms with Crippen molar-refractivity contribution >= 4 is 17.8 Å². The van der Waals surface area contributed by atoms with Crippen molar-refractivity contribution in [3.8, 4) is 0 Å². The Labute approximate surface area is 130 Å². The second-order valence-electron chi connectivity index (χ2n) is 4.20. The molecule has 0 aromatic carbocycles. The summed E-state index contributed by atoms with van der Waals surface area (Å²) in [5.74, 6) is -1.65. The van der Waals surface area contributed by atoms with Crippen LogP contribution in [0.3, 0.4) is 0 Å². The minimum Gasteiger partial charge on any atom is -0.466 e. The topological polar surface area (TPSA) is 81.7 Å². The van der Waals surface area contributed by atoms with E-state index in [1.54, 1.807) is 18.2 Å². The van der Waals surface area contributed by atoms with E-state index >= 15 is 0 Å². The molecular weight excluding hydrogens is 286 g/mol. The molecule has 0 rings (SSSR count). The molecule has 0 saturated heterocycles. The predicted molar refractivity (Wildman–Crippen MR) is 82.8 cm³/mol. The highest BCUT2D eigenvalue weighted by atomic mass is 16.5. The Bertz CT molecular complexity index is 503. The third-order valence-corrected chi connectivity index (χ3v) is 2.39. The summed E-state index contributed by atoms with van der Waals surface area (Å²) >= 11 is 0. The fourth-order valence-electron chi connectivity index (χ4n) is 1.31. The molecule has 0 spiro atoms. The van der Waals surface area contributed by atoms with Crippen LogP contribution >= 0.6 is 0 Å². The molecule has 120 valence electrons. The van der Waals surface area contributed by atoms with Crippen molar-refractivity contribution in [2.45, 2.75) is 19.9 Å². The van der Waals surface area contributed by atoms with E-state index in [9.17, 15) is 14.4 Å². The lowest BCUT2D eigenvalue weighted by atomic mass is 10.1. The Morgan fingerprint density at radius 2 is 1.77 bits per heavy atom. The second kappa shape index (κ2) is 11.1. The molecule has 0 aromatic rings. The van der Waals surface area contributed by atoms with Crippen LogP contribution in [-0.4, -0.2) is 37.6 Å². The third kappa shape index (κ3) is 9.30. The van der Waals surface area contributed by atoms with E-state index in [0.717, 1.165) is 12.2 Å². The molecule has 6 heteroatoms. The number of rotatable bonds is 8. The first kappa shape index (κ1) is 19.4. The van der Waals surface area contributed by atoms with Gasteiger partial charge in [0.2, 0.25) is 5.91 Å². The molecule has 0 aliphatic rings. The van der Waals surface area contributed by atoms with Gasteiger partial charge in [-0.3, -0.25) is 4.79 Å². The molecule has 1 N–H and O–H groups in total. The molecule has 0 heterocycles. The summed E-state index contributed by atoms with van der Waals surface area (Å²) in [4.78, 5) is 33.5. The zero-order chi connectivity index (χ0) is 17.0. The van der Waals surface area contributed by atoms with Crippen LogP contribution in [0, 0.1) is 0 Å². The number of carbonyl (C=O) groups excluding carboxylic acids is 3. The number of hydrogen-bond donors (Lipinski definition) is 1. The Hall–Kier alpha value is -2.63. The minimum absolute atomic E-state index is 0.0943. The van der Waals surface area contributed by atoms with E-state index in [1.165, 1.54) is 14.0 Å². The number of amides is 1. The fourth-order valence-corrected chi connectivity index (χ4v) is 1.31. The van der Waals surface area contributed by atoms with Crippen LogP contribution in [0.1, 0.15) is 13.8 Å². The van der Waals surface area contributed by atoms with Crippen molar-refractivity contribution in [2.24, 2.45) is 0 Å². The van der Waals surface area contributed by atoms with Crippen LogP contribution in [0.4, 0.5) is 0 Å². The lowest BCUT2D eigenvalue weighted by molar-refractivity contribution is -0.140. The van der Waals surface area contributed by atoms with Gasteiger partial charge in [0, 0.05) is 19.1 Å². The van der Waals surface area contributed by atoms with Crippen LogP contribution in [0.15, 0.2) is 48.6 Å². The lowest BCUT2D eigenvalue weighted by Crippen LogP contribution is -2.38. The van der Waals surface area contributed by atoms with Crippen molar-refractivity contribution in [3.63, 3.8) is 0 Å². The van der Waals surface area contributed by atoms with Gasteiger partial charge >= 0.3 is 11.9 Å². The first-order chi connectivity index (χ1) is 10.4. The third-order valence-electron chi connectivity index (χ3n) is 2.39. The minimum atomic E-state index is -0.717. The summed E-state index contributed by atoms with van der Waals surface area (Å²) in [6, 6.07) is -0.547. The van der Waals surface area contributed by atoms with Crippen LogP contribution in [0.5, 0.6) is 0 Å². The first-order valence-electron chi connectivity index (χ1n) is 6.58. The average molecular weight is 307 g/mol. The maximum absolute atomic E-state index is 11.4. The van der Waals surface area contributed by atoms with Gasteiger partial charge in [0.15, 0.2) is 0 Å². The van der Waals surface area contributed by atoms with E-state index in [0.29, 0.717) is 5.57 Å². The number of methoxy groups -OCH3 is 1. The average Bonchev–Trinajstić information content (AvgIpc) is 2.48. The highest BCUT2D eigenvalue weighted by Gasteiger charge is 2.14. The van der Waals surface area contributed by atoms with Gasteiger partial charge in [-0.1, -0.05) is 30.9 Å². The molecule has 1 amide bonds. The van der Waals surface area contributed by atoms with E-state index in [4.69, 9.17) is 4.74 Å². The van der Waals surface area contributed by atoms with Gasteiger partial charge in [0.05, 0.1) is 13.2 Å². The summed E-state index contributed by atoms with van der Waals surface area (Å²) in [6.45, 7) is 6.96. The summed E-state index contributed by atoms with van der Waals surface area (Å²) < 4.78 is 9.32. The molecule has 0 bridgehead atoms. The molecule has 0 aliphatic carbocycles. The normalized spacial score (nSPS) is 12.5. The smallest absolute Gasteiger partial charge is 0.331 e. The SMILES string of the molecule is C=C(/C=C\C=C/C)[C@@H](COC(=O)/C=C/C(=O)OC)NC(C)=O. The van der Waals surface area contributed by atoms with E-state index in [-0.39, 0.29) is 12.5 Å². The van der Waals surface area contributed by atoms with Crippen LogP contribution < -0.4 is 5.32 Å². The molecule has 6 nitrogen and oxygen atoms in total. The first-order valence-corrected chi connectivity index (χ1v) is 6.58. The van der Waals surface area contributed by atoms with E-state index in [2.05, 4.69) is 16.6 Å². The number of esters is 2. The van der Waals surface area contributed by atoms with Gasteiger partial charge in [0.1, 0.15) is 6.61 Å². The van der Waals surface area contributed by atoms with Gasteiger partial charge in [-0.15, -0.1) is 0 Å². The van der Waals surface area contributed by atoms with E-state index in [1.807, 2.05) is 13.0 Å². The van der Waals surface area contributed by atoms with Gasteiger partial charge < -0.3 is 14.8 Å². The summed E-state index contributed by atoms with van der Waals surface area (Å²) in [5.41, 5.74) is 0.582. The van der Waals surface area contributed by atoms with Crippen LogP contribution in [0.2, 0.25) is 0 Å². The summed E-state index contributed by atoms with van der Waals surface area (Å²) in [5, 5.41) is 2.63. The molecule has 0 aromatic heterocycles. The van der Waals surface area contributed by atoms with Gasteiger partial charge in [0.25, 0.3) is 0 Å². The van der Waals surface area contributed by atoms with E-state index < -0.39 is 18.0 Å². The molecule has 1 atom stereocenters. The second-order valence-corrected chi connectivity index (χ2v) is 4.20. The molecule has 0 saturated carbocycles. The number of allylic oxidation sites excluding steroid dienone is 3. The molecule has 0 unspecified atom stereocenters. The molecule has 0 aliphatic heterocycles. The van der Waals surface area contributed by atoms with Gasteiger partial charge in [-0.05, 0) is 12.5 Å². The number of nitrogens with one attached hydrogen (secondary N) is 1. The van der Waals surface area contributed by atoms with Crippen molar-refractivity contribution in [1.29, 1.82) is 0 Å². The maximum Gasteiger partial charge on any atom is 0.331 e. The zero-order valence-electron chi connectivity index (χ0n) is 13.0. The highest BCUT2D eigenvalue weighted by Crippen LogP contribution is 2.04. The van der Waals surface area contributed by atoms with Gasteiger partial charge in [-0.2, -0.15) is 0 Å². The van der Waals surface area contributed by atoms with Crippen LogP contribution in [0.25, 0.3) is 0 Å². The molecular formula is C16H21NO5. The van der Waals surface area contributed by atoms with Crippen molar-refractivity contribution in [2.75, 3.05) is 13.7 Å². The number of hydrogen-bond acceptors (Lipinski definition) is 5. The Kier molecular flexibility index (Phi) is 9.75. The highest BCUT2D eigenvalue weighted by molar-refractivity contribution is 5.91. The maximum atomic E-state index is 11.4. The standard InChI is InChI=1S/C16H21NO5/c1-5-6-7-8-12(2)14(17-13(3)18)11-22-16(20)10-9-15(19)21-4/h5-10,14H,2,11H2,1,3-4H3,(H,17,18)/b6-5-,8-7-,10-9+/t14-/m1/s1. The quantitative estimate of drug-likeness (QED) is 0.417. The molecule has 22 heavy (non-hydrogen) atoms. The van der Waals surface area contributed by atoms with Crippen LogP contribution in [-0.2, 0) is 23.9 Å². The van der Waals surface area contributed by atoms with Crippen molar-refractivity contribution in [1.82, 2.24) is 5.32 Å². The summed E-state index contributed by atoms with van der Waals surface area (Å²) in [7, 11) is 1.20. The lowest BCUT2D eigenvalue weighted by Gasteiger charge is -2.17. The largest absolute Gasteiger partial charge is 0.466 e.